The molecular formula is C16H10F3N5O2S. The van der Waals surface area contributed by atoms with Gasteiger partial charge in [-0.15, -0.1) is 11.3 Å². The van der Waals surface area contributed by atoms with Crippen molar-refractivity contribution in [1.82, 2.24) is 24.9 Å². The Kier molecular flexibility index (Phi) is 4.15. The number of nitrogens with zero attached hydrogens (tertiary/aromatic N) is 4. The van der Waals surface area contributed by atoms with Gasteiger partial charge in [0.15, 0.2) is 5.82 Å². The van der Waals surface area contributed by atoms with E-state index in [9.17, 15) is 18.0 Å². The first kappa shape index (κ1) is 17.2. The van der Waals surface area contributed by atoms with Gasteiger partial charge in [0.25, 0.3) is 0 Å². The maximum Gasteiger partial charge on any atom is 0.439 e. The summed E-state index contributed by atoms with van der Waals surface area (Å²) >= 11 is 1.32. The zero-order valence-corrected chi connectivity index (χ0v) is 14.2. The van der Waals surface area contributed by atoms with Gasteiger partial charge in [-0.25, -0.2) is 9.78 Å². The summed E-state index contributed by atoms with van der Waals surface area (Å²) in [5.41, 5.74) is 0.714. The molecule has 0 saturated heterocycles. The summed E-state index contributed by atoms with van der Waals surface area (Å²) in [6.07, 6.45) is -1.24. The Bertz CT molecular complexity index is 1140. The Labute approximate surface area is 153 Å². The summed E-state index contributed by atoms with van der Waals surface area (Å²) in [6.45, 7) is 0.325. The fourth-order valence-corrected chi connectivity index (χ4v) is 3.23. The average Bonchev–Trinajstić information content (AvgIpc) is 3.36. The number of aromatic nitrogens is 5. The van der Waals surface area contributed by atoms with E-state index in [0.29, 0.717) is 28.4 Å². The van der Waals surface area contributed by atoms with Gasteiger partial charge in [-0.1, -0.05) is 17.3 Å². The molecular weight excluding hydrogens is 383 g/mol. The largest absolute Gasteiger partial charge is 0.439 e. The van der Waals surface area contributed by atoms with E-state index in [4.69, 9.17) is 0 Å². The highest BCUT2D eigenvalue weighted by Crippen LogP contribution is 2.32. The fourth-order valence-electron chi connectivity index (χ4n) is 2.44. The van der Waals surface area contributed by atoms with Crippen LogP contribution in [0.5, 0.6) is 0 Å². The summed E-state index contributed by atoms with van der Waals surface area (Å²) in [4.78, 5) is 17.8. The van der Waals surface area contributed by atoms with E-state index in [-0.39, 0.29) is 5.82 Å². The highest BCUT2D eigenvalue weighted by atomic mass is 32.1. The molecule has 11 heteroatoms. The first-order valence-electron chi connectivity index (χ1n) is 7.59. The quantitative estimate of drug-likeness (QED) is 0.574. The molecule has 0 radical (unpaired) electrons. The van der Waals surface area contributed by atoms with Crippen LogP contribution in [0.15, 0.2) is 51.4 Å². The van der Waals surface area contributed by atoms with Crippen molar-refractivity contribution in [2.75, 3.05) is 0 Å². The van der Waals surface area contributed by atoms with Crippen molar-refractivity contribution >= 4 is 11.3 Å². The van der Waals surface area contributed by atoms with Crippen LogP contribution in [0.1, 0.15) is 10.6 Å². The molecule has 3 aromatic heterocycles. The number of alkyl halides is 3. The van der Waals surface area contributed by atoms with E-state index in [1.165, 1.54) is 23.6 Å². The highest BCUT2D eigenvalue weighted by molar-refractivity contribution is 7.09. The van der Waals surface area contributed by atoms with Gasteiger partial charge in [-0.05, 0) is 12.1 Å². The molecule has 138 valence electrons. The Morgan fingerprint density at radius 2 is 2.11 bits per heavy atom. The molecule has 0 unspecified atom stereocenters. The molecule has 0 atom stereocenters. The maximum absolute atomic E-state index is 12.9. The van der Waals surface area contributed by atoms with E-state index in [1.54, 1.807) is 22.3 Å². The topological polar surface area (TPSA) is 89.6 Å². The van der Waals surface area contributed by atoms with Crippen LogP contribution in [0.4, 0.5) is 13.2 Å². The van der Waals surface area contributed by atoms with Crippen molar-refractivity contribution < 1.29 is 17.7 Å². The molecule has 3 heterocycles. The SMILES string of the molecule is O=c1[nH]c(-c2cnn(Cc3nc(-c4cccc(C(F)(F)F)c4)cs3)c2)no1. The van der Waals surface area contributed by atoms with Crippen molar-refractivity contribution in [2.45, 2.75) is 12.7 Å². The molecule has 0 spiro atoms. The van der Waals surface area contributed by atoms with Crippen LogP contribution in [-0.2, 0) is 12.7 Å². The maximum atomic E-state index is 12.9. The van der Waals surface area contributed by atoms with Crippen molar-refractivity contribution in [3.8, 4) is 22.6 Å². The first-order valence-corrected chi connectivity index (χ1v) is 8.47. The normalized spacial score (nSPS) is 11.8. The molecule has 0 fully saturated rings. The molecule has 0 bridgehead atoms. The van der Waals surface area contributed by atoms with Crippen LogP contribution in [0.3, 0.4) is 0 Å². The Hall–Kier alpha value is -3.21. The number of hydrogen-bond acceptors (Lipinski definition) is 6. The number of halogens is 3. The van der Waals surface area contributed by atoms with E-state index in [0.717, 1.165) is 12.1 Å². The molecule has 0 saturated carbocycles. The van der Waals surface area contributed by atoms with Gasteiger partial charge >= 0.3 is 11.9 Å². The molecule has 1 aromatic carbocycles. The van der Waals surface area contributed by atoms with Gasteiger partial charge in [0.2, 0.25) is 0 Å². The van der Waals surface area contributed by atoms with Crippen LogP contribution in [0.25, 0.3) is 22.6 Å². The lowest BCUT2D eigenvalue weighted by Gasteiger charge is -2.07. The number of H-pyrrole nitrogens is 1. The van der Waals surface area contributed by atoms with Crippen molar-refractivity contribution in [3.63, 3.8) is 0 Å². The minimum Gasteiger partial charge on any atom is -0.296 e. The molecule has 0 amide bonds. The van der Waals surface area contributed by atoms with Gasteiger partial charge in [0, 0.05) is 17.1 Å². The molecule has 0 aliphatic heterocycles. The fraction of sp³-hybridized carbons (Fsp3) is 0.125. The second-order valence-electron chi connectivity index (χ2n) is 5.58. The standard InChI is InChI=1S/C16H10F3N5O2S/c17-16(18,19)11-3-1-2-9(4-11)12-8-27-13(21-12)7-24-6-10(5-20-24)14-22-15(25)26-23-14/h1-6,8H,7H2,(H,22,23,25). The summed E-state index contributed by atoms with van der Waals surface area (Å²) in [5.74, 6) is -0.404. The monoisotopic (exact) mass is 393 g/mol. The summed E-state index contributed by atoms with van der Waals surface area (Å²) in [7, 11) is 0. The zero-order chi connectivity index (χ0) is 19.0. The van der Waals surface area contributed by atoms with Gasteiger partial charge < -0.3 is 0 Å². The van der Waals surface area contributed by atoms with Crippen LogP contribution in [0.2, 0.25) is 0 Å². The minimum absolute atomic E-state index is 0.259. The number of benzene rings is 1. The Balaban J connectivity index is 1.54. The molecule has 0 aliphatic carbocycles. The van der Waals surface area contributed by atoms with Gasteiger partial charge in [-0.3, -0.25) is 14.2 Å². The smallest absolute Gasteiger partial charge is 0.296 e. The van der Waals surface area contributed by atoms with E-state index in [1.807, 2.05) is 0 Å². The third kappa shape index (κ3) is 3.67. The second kappa shape index (κ2) is 6.50. The summed E-state index contributed by atoms with van der Waals surface area (Å²) in [5, 5.41) is 10.1. The van der Waals surface area contributed by atoms with E-state index in [2.05, 4.69) is 24.7 Å². The van der Waals surface area contributed by atoms with Crippen LogP contribution >= 0.6 is 11.3 Å². The van der Waals surface area contributed by atoms with Gasteiger partial charge in [-0.2, -0.15) is 18.3 Å². The minimum atomic E-state index is -4.40. The number of rotatable bonds is 4. The number of thiazole rings is 1. The number of hydrogen-bond donors (Lipinski definition) is 1. The molecule has 27 heavy (non-hydrogen) atoms. The van der Waals surface area contributed by atoms with Crippen molar-refractivity contribution in [3.05, 3.63) is 63.2 Å². The van der Waals surface area contributed by atoms with Crippen molar-refractivity contribution in [2.24, 2.45) is 0 Å². The Morgan fingerprint density at radius 1 is 1.26 bits per heavy atom. The van der Waals surface area contributed by atoms with Crippen LogP contribution < -0.4 is 5.76 Å². The predicted molar refractivity (Wildman–Crippen MR) is 90.0 cm³/mol. The summed E-state index contributed by atoms with van der Waals surface area (Å²) in [6, 6.07) is 5.04. The molecule has 7 nitrogen and oxygen atoms in total. The van der Waals surface area contributed by atoms with Crippen molar-refractivity contribution in [1.29, 1.82) is 0 Å². The summed E-state index contributed by atoms with van der Waals surface area (Å²) < 4.78 is 44.6. The lowest BCUT2D eigenvalue weighted by Crippen LogP contribution is -2.04. The molecule has 4 aromatic rings. The molecule has 4 rings (SSSR count). The number of nitrogens with one attached hydrogen (secondary N) is 1. The Morgan fingerprint density at radius 3 is 2.85 bits per heavy atom. The highest BCUT2D eigenvalue weighted by Gasteiger charge is 2.30. The lowest BCUT2D eigenvalue weighted by molar-refractivity contribution is -0.137. The third-order valence-electron chi connectivity index (χ3n) is 3.68. The first-order chi connectivity index (χ1) is 12.9. The van der Waals surface area contributed by atoms with E-state index < -0.39 is 17.5 Å². The van der Waals surface area contributed by atoms with Crippen LogP contribution in [-0.4, -0.2) is 24.9 Å². The molecule has 1 N–H and O–H groups in total. The average molecular weight is 393 g/mol. The molecule has 0 aliphatic rings. The van der Waals surface area contributed by atoms with Gasteiger partial charge in [0.05, 0.1) is 29.6 Å². The van der Waals surface area contributed by atoms with Gasteiger partial charge in [0.1, 0.15) is 5.01 Å². The predicted octanol–water partition coefficient (Wildman–Crippen LogP) is 3.42. The van der Waals surface area contributed by atoms with E-state index >= 15 is 0 Å². The lowest BCUT2D eigenvalue weighted by atomic mass is 10.1. The van der Waals surface area contributed by atoms with Crippen LogP contribution in [0, 0.1) is 0 Å². The second-order valence-corrected chi connectivity index (χ2v) is 6.52. The zero-order valence-electron chi connectivity index (χ0n) is 13.4. The third-order valence-corrected chi connectivity index (χ3v) is 4.52. The number of aromatic amines is 1.